The van der Waals surface area contributed by atoms with Gasteiger partial charge in [0.15, 0.2) is 5.96 Å². The van der Waals surface area contributed by atoms with E-state index in [2.05, 4.69) is 37.4 Å². The molecule has 5 nitrogen and oxygen atoms in total. The van der Waals surface area contributed by atoms with Crippen LogP contribution in [0.3, 0.4) is 0 Å². The quantitative estimate of drug-likeness (QED) is 0.407. The molecule has 0 saturated carbocycles. The number of nitrogens with zero attached hydrogens (tertiary/aromatic N) is 4. The van der Waals surface area contributed by atoms with Crippen LogP contribution in [0, 0.1) is 5.82 Å². The molecule has 0 bridgehead atoms. The monoisotopic (exact) mass is 489 g/mol. The van der Waals surface area contributed by atoms with Gasteiger partial charge >= 0.3 is 0 Å². The molecular weight excluding hydrogens is 464 g/mol. The van der Waals surface area contributed by atoms with Crippen molar-refractivity contribution in [3.8, 4) is 0 Å². The van der Waals surface area contributed by atoms with Crippen molar-refractivity contribution in [2.75, 3.05) is 38.1 Å². The largest absolute Gasteiger partial charge is 0.366 e. The van der Waals surface area contributed by atoms with Gasteiger partial charge in [-0.15, -0.1) is 35.3 Å². The van der Waals surface area contributed by atoms with Crippen LogP contribution in [0.25, 0.3) is 0 Å². The highest BCUT2D eigenvalue weighted by molar-refractivity contribution is 14.0. The number of benzene rings is 1. The minimum Gasteiger partial charge on any atom is -0.366 e. The first kappa shape index (κ1) is 20.9. The zero-order valence-corrected chi connectivity index (χ0v) is 18.3. The van der Waals surface area contributed by atoms with Crippen molar-refractivity contribution in [3.05, 3.63) is 46.2 Å². The SMILES string of the molecule is CCc1nc(CNC(=NC)N2CCN(c3ccccc3F)CC2)cs1.I. The lowest BCUT2D eigenvalue weighted by Crippen LogP contribution is -2.52. The summed E-state index contributed by atoms with van der Waals surface area (Å²) in [5.41, 5.74) is 1.73. The average Bonchev–Trinajstić information content (AvgIpc) is 3.11. The second-order valence-corrected chi connectivity index (χ2v) is 6.86. The molecule has 1 aliphatic rings. The number of hydrogen-bond donors (Lipinski definition) is 1. The molecular formula is C18H25FIN5S. The van der Waals surface area contributed by atoms with Crippen LogP contribution in [0.15, 0.2) is 34.6 Å². The number of hydrogen-bond acceptors (Lipinski definition) is 4. The lowest BCUT2D eigenvalue weighted by Gasteiger charge is -2.37. The van der Waals surface area contributed by atoms with Crippen LogP contribution >= 0.6 is 35.3 Å². The van der Waals surface area contributed by atoms with E-state index in [4.69, 9.17) is 0 Å². The van der Waals surface area contributed by atoms with Gasteiger partial charge in [-0.25, -0.2) is 9.37 Å². The predicted octanol–water partition coefficient (Wildman–Crippen LogP) is 3.36. The molecule has 142 valence electrons. The molecule has 0 radical (unpaired) electrons. The highest BCUT2D eigenvalue weighted by Gasteiger charge is 2.21. The molecule has 3 rings (SSSR count). The van der Waals surface area contributed by atoms with Gasteiger partial charge in [0.2, 0.25) is 0 Å². The maximum absolute atomic E-state index is 13.9. The number of rotatable bonds is 4. The summed E-state index contributed by atoms with van der Waals surface area (Å²) in [6.07, 6.45) is 0.970. The number of guanidine groups is 1. The van der Waals surface area contributed by atoms with Gasteiger partial charge in [-0.05, 0) is 18.6 Å². The summed E-state index contributed by atoms with van der Waals surface area (Å²) in [5.74, 6) is 0.716. The van der Waals surface area contributed by atoms with Gasteiger partial charge in [0.1, 0.15) is 5.82 Å². The number of aryl methyl sites for hydroxylation is 1. The molecule has 1 aromatic heterocycles. The summed E-state index contributed by atoms with van der Waals surface area (Å²) < 4.78 is 13.9. The Bertz CT molecular complexity index is 728. The number of aliphatic imine (C=N–C) groups is 1. The molecule has 0 spiro atoms. The third-order valence-corrected chi connectivity index (χ3v) is 5.36. The molecule has 0 aliphatic carbocycles. The van der Waals surface area contributed by atoms with Gasteiger partial charge in [0.05, 0.1) is 22.9 Å². The number of para-hydroxylation sites is 1. The van der Waals surface area contributed by atoms with Crippen LogP contribution < -0.4 is 10.2 Å². The molecule has 8 heteroatoms. The fraction of sp³-hybridized carbons (Fsp3) is 0.444. The molecule has 2 aromatic rings. The number of nitrogens with one attached hydrogen (secondary N) is 1. The van der Waals surface area contributed by atoms with Gasteiger partial charge in [0.25, 0.3) is 0 Å². The van der Waals surface area contributed by atoms with Gasteiger partial charge in [-0.1, -0.05) is 19.1 Å². The standard InChI is InChI=1S/C18H24FN5S.HI/c1-3-17-22-14(13-25-17)12-21-18(20-2)24-10-8-23(9-11-24)16-7-5-4-6-15(16)19;/h4-7,13H,3,8-12H2,1-2H3,(H,20,21);1H. The first-order valence-electron chi connectivity index (χ1n) is 8.59. The van der Waals surface area contributed by atoms with E-state index in [0.29, 0.717) is 12.2 Å². The van der Waals surface area contributed by atoms with Crippen molar-refractivity contribution < 1.29 is 4.39 Å². The maximum Gasteiger partial charge on any atom is 0.194 e. The highest BCUT2D eigenvalue weighted by Crippen LogP contribution is 2.20. The summed E-state index contributed by atoms with van der Waals surface area (Å²) in [4.78, 5) is 13.3. The summed E-state index contributed by atoms with van der Waals surface area (Å²) in [6, 6.07) is 6.96. The van der Waals surface area contributed by atoms with Crippen LogP contribution in [-0.4, -0.2) is 49.1 Å². The summed E-state index contributed by atoms with van der Waals surface area (Å²) in [5, 5.41) is 6.64. The normalized spacial score (nSPS) is 15.0. The Morgan fingerprint density at radius 3 is 2.62 bits per heavy atom. The van der Waals surface area contributed by atoms with Crippen LogP contribution in [0.4, 0.5) is 10.1 Å². The zero-order valence-electron chi connectivity index (χ0n) is 15.1. The highest BCUT2D eigenvalue weighted by atomic mass is 127. The van der Waals surface area contributed by atoms with E-state index in [1.807, 2.05) is 12.1 Å². The molecule has 2 heterocycles. The molecule has 1 aromatic carbocycles. The topological polar surface area (TPSA) is 43.8 Å². The minimum absolute atomic E-state index is 0. The smallest absolute Gasteiger partial charge is 0.194 e. The number of anilines is 1. The van der Waals surface area contributed by atoms with E-state index >= 15 is 0 Å². The molecule has 1 N–H and O–H groups in total. The Hall–Kier alpha value is -1.42. The second kappa shape index (κ2) is 10.1. The number of halogens is 2. The van der Waals surface area contributed by atoms with Gasteiger partial charge < -0.3 is 15.1 Å². The van der Waals surface area contributed by atoms with Crippen LogP contribution in [0.5, 0.6) is 0 Å². The average molecular weight is 489 g/mol. The Morgan fingerprint density at radius 1 is 1.27 bits per heavy atom. The number of thiazole rings is 1. The van der Waals surface area contributed by atoms with E-state index in [1.165, 1.54) is 6.07 Å². The summed E-state index contributed by atoms with van der Waals surface area (Å²) >= 11 is 1.70. The number of aromatic nitrogens is 1. The maximum atomic E-state index is 13.9. The first-order chi connectivity index (χ1) is 12.2. The Balaban J connectivity index is 0.00000243. The molecule has 1 fully saturated rings. The first-order valence-corrected chi connectivity index (χ1v) is 9.47. The third kappa shape index (κ3) is 5.06. The van der Waals surface area contributed by atoms with E-state index in [0.717, 1.165) is 49.3 Å². The Morgan fingerprint density at radius 2 is 2.00 bits per heavy atom. The summed E-state index contributed by atoms with van der Waals surface area (Å²) in [6.45, 7) is 5.97. The lowest BCUT2D eigenvalue weighted by molar-refractivity contribution is 0.370. The van der Waals surface area contributed by atoms with Crippen LogP contribution in [0.1, 0.15) is 17.6 Å². The van der Waals surface area contributed by atoms with Crippen LogP contribution in [0.2, 0.25) is 0 Å². The van der Waals surface area contributed by atoms with Crippen molar-refractivity contribution in [1.82, 2.24) is 15.2 Å². The molecule has 0 unspecified atom stereocenters. The molecule has 0 amide bonds. The van der Waals surface area contributed by atoms with Crippen molar-refractivity contribution in [3.63, 3.8) is 0 Å². The molecule has 26 heavy (non-hydrogen) atoms. The van der Waals surface area contributed by atoms with Gasteiger partial charge in [-0.3, -0.25) is 4.99 Å². The fourth-order valence-electron chi connectivity index (χ4n) is 2.96. The Kier molecular flexibility index (Phi) is 8.08. The van der Waals surface area contributed by atoms with E-state index < -0.39 is 0 Å². The third-order valence-electron chi connectivity index (χ3n) is 4.31. The zero-order chi connectivity index (χ0) is 17.6. The Labute approximate surface area is 175 Å². The van der Waals surface area contributed by atoms with Crippen molar-refractivity contribution >= 4 is 47.0 Å². The number of piperazine rings is 1. The van der Waals surface area contributed by atoms with Gasteiger partial charge in [0, 0.05) is 38.6 Å². The van der Waals surface area contributed by atoms with Crippen molar-refractivity contribution in [2.45, 2.75) is 19.9 Å². The minimum atomic E-state index is -0.159. The fourth-order valence-corrected chi connectivity index (χ4v) is 3.71. The molecule has 1 saturated heterocycles. The molecule has 0 atom stereocenters. The van der Waals surface area contributed by atoms with Crippen molar-refractivity contribution in [2.24, 2.45) is 4.99 Å². The molecule has 1 aliphatic heterocycles. The summed E-state index contributed by atoms with van der Waals surface area (Å²) in [7, 11) is 1.80. The van der Waals surface area contributed by atoms with Crippen molar-refractivity contribution in [1.29, 1.82) is 0 Å². The van der Waals surface area contributed by atoms with Crippen LogP contribution in [-0.2, 0) is 13.0 Å². The van der Waals surface area contributed by atoms with Gasteiger partial charge in [-0.2, -0.15) is 0 Å². The predicted molar refractivity (Wildman–Crippen MR) is 117 cm³/mol. The second-order valence-electron chi connectivity index (χ2n) is 5.91. The van der Waals surface area contributed by atoms with E-state index in [1.54, 1.807) is 24.5 Å². The lowest BCUT2D eigenvalue weighted by atomic mass is 10.2. The van der Waals surface area contributed by atoms with E-state index in [9.17, 15) is 4.39 Å². The van der Waals surface area contributed by atoms with E-state index in [-0.39, 0.29) is 29.8 Å².